The highest BCUT2D eigenvalue weighted by atomic mass is 28.3. The molecule has 0 N–H and O–H groups in total. The Bertz CT molecular complexity index is 353. The zero-order chi connectivity index (χ0) is 15.4. The van der Waals surface area contributed by atoms with Crippen molar-refractivity contribution in [1.29, 1.82) is 0 Å². The van der Waals surface area contributed by atoms with Gasteiger partial charge in [-0.25, -0.2) is 0 Å². The predicted octanol–water partition coefficient (Wildman–Crippen LogP) is 4.73. The second-order valence-electron chi connectivity index (χ2n) is 7.08. The van der Waals surface area contributed by atoms with Crippen molar-refractivity contribution < 1.29 is 0 Å². The molecule has 1 aromatic carbocycles. The molecule has 0 unspecified atom stereocenters. The Morgan fingerprint density at radius 1 is 0.550 bits per heavy atom. The van der Waals surface area contributed by atoms with Gasteiger partial charge in [-0.05, 0) is 22.2 Å². The summed E-state index contributed by atoms with van der Waals surface area (Å²) in [6, 6.07) is 9.40. The first-order chi connectivity index (χ1) is 9.27. The van der Waals surface area contributed by atoms with Gasteiger partial charge in [0.2, 0.25) is 0 Å². The fourth-order valence-electron chi connectivity index (χ4n) is 3.56. The zero-order valence-corrected chi connectivity index (χ0v) is 16.6. The molecular weight excluding hydrogens is 272 g/mol. The van der Waals surface area contributed by atoms with Gasteiger partial charge in [-0.15, -0.1) is 0 Å². The number of hydrogen-bond acceptors (Lipinski definition) is 0. The summed E-state index contributed by atoms with van der Waals surface area (Å²) < 4.78 is 0. The van der Waals surface area contributed by atoms with Crippen LogP contribution in [0.2, 0.25) is 22.2 Å². The molecule has 112 valence electrons. The van der Waals surface area contributed by atoms with Crippen molar-refractivity contribution in [2.24, 2.45) is 0 Å². The van der Waals surface area contributed by atoms with Gasteiger partial charge in [-0.3, -0.25) is 0 Å². The molecule has 0 bridgehead atoms. The highest BCUT2D eigenvalue weighted by molar-refractivity contribution is 6.86. The van der Waals surface area contributed by atoms with E-state index in [9.17, 15) is 0 Å². The Balaban J connectivity index is 3.34. The zero-order valence-electron chi connectivity index (χ0n) is 14.6. The lowest BCUT2D eigenvalue weighted by Crippen LogP contribution is -2.52. The first kappa shape index (κ1) is 17.7. The standard InChI is InChI=1S/C18H32Si2/c1-13(2)19(14(3)4)17-11-9-10-12-18(17)20(15(5)6)16(7)8/h9-16H,1-8H3. The van der Waals surface area contributed by atoms with Crippen LogP contribution in [-0.2, 0) is 0 Å². The van der Waals surface area contributed by atoms with Crippen LogP contribution >= 0.6 is 0 Å². The lowest BCUT2D eigenvalue weighted by molar-refractivity contribution is 0.945. The van der Waals surface area contributed by atoms with Crippen molar-refractivity contribution in [2.75, 3.05) is 0 Å². The summed E-state index contributed by atoms with van der Waals surface area (Å²) in [5.74, 6) is 0. The van der Waals surface area contributed by atoms with Crippen LogP contribution in [0.1, 0.15) is 55.4 Å². The summed E-state index contributed by atoms with van der Waals surface area (Å²) in [4.78, 5) is 0. The van der Waals surface area contributed by atoms with Crippen LogP contribution in [0.5, 0.6) is 0 Å². The summed E-state index contributed by atoms with van der Waals surface area (Å²) in [6.07, 6.45) is 0. The predicted molar refractivity (Wildman–Crippen MR) is 97.6 cm³/mol. The van der Waals surface area contributed by atoms with Gasteiger partial charge in [0.1, 0.15) is 0 Å². The summed E-state index contributed by atoms with van der Waals surface area (Å²) in [7, 11) is -0.942. The average molecular weight is 305 g/mol. The molecule has 0 aliphatic heterocycles. The molecule has 1 rings (SSSR count). The minimum Gasteiger partial charge on any atom is -0.0650 e. The molecule has 0 fully saturated rings. The molecule has 0 saturated carbocycles. The van der Waals surface area contributed by atoms with Crippen molar-refractivity contribution in [3.05, 3.63) is 24.3 Å². The van der Waals surface area contributed by atoms with Gasteiger partial charge >= 0.3 is 0 Å². The van der Waals surface area contributed by atoms with E-state index < -0.39 is 17.6 Å². The first-order valence-electron chi connectivity index (χ1n) is 8.10. The third-order valence-electron chi connectivity index (χ3n) is 4.04. The molecule has 0 heterocycles. The Labute approximate surface area is 130 Å². The second-order valence-corrected chi connectivity index (χ2v) is 14.6. The molecule has 0 atom stereocenters. The first-order valence-corrected chi connectivity index (χ1v) is 11.4. The van der Waals surface area contributed by atoms with E-state index >= 15 is 0 Å². The Hall–Kier alpha value is -0.346. The lowest BCUT2D eigenvalue weighted by Gasteiger charge is -2.31. The SMILES string of the molecule is CC(C)[Si](c1ccccc1[Si](C(C)C)C(C)C)C(C)C. The molecule has 0 nitrogen and oxygen atoms in total. The van der Waals surface area contributed by atoms with Crippen LogP contribution < -0.4 is 10.4 Å². The Morgan fingerprint density at radius 3 is 1.00 bits per heavy atom. The van der Waals surface area contributed by atoms with Crippen LogP contribution in [0.25, 0.3) is 0 Å². The monoisotopic (exact) mass is 304 g/mol. The molecule has 1 aromatic rings. The smallest absolute Gasteiger partial charge is 0.0650 e. The second kappa shape index (κ2) is 7.60. The fraction of sp³-hybridized carbons (Fsp3) is 0.667. The van der Waals surface area contributed by atoms with Crippen molar-refractivity contribution in [1.82, 2.24) is 0 Å². The topological polar surface area (TPSA) is 0 Å². The van der Waals surface area contributed by atoms with Gasteiger partial charge in [-0.2, -0.15) is 0 Å². The van der Waals surface area contributed by atoms with E-state index in [2.05, 4.69) is 79.7 Å². The quantitative estimate of drug-likeness (QED) is 0.667. The van der Waals surface area contributed by atoms with Gasteiger partial charge in [-0.1, -0.05) is 90.0 Å². The van der Waals surface area contributed by atoms with Gasteiger partial charge < -0.3 is 0 Å². The van der Waals surface area contributed by atoms with Crippen LogP contribution in [-0.4, -0.2) is 17.6 Å². The summed E-state index contributed by atoms with van der Waals surface area (Å²) in [5.41, 5.74) is 3.24. The lowest BCUT2D eigenvalue weighted by atomic mass is 10.4. The van der Waals surface area contributed by atoms with Gasteiger partial charge in [0.25, 0.3) is 0 Å². The van der Waals surface area contributed by atoms with Crippen molar-refractivity contribution >= 4 is 28.0 Å². The molecular formula is C18H32Si2. The molecule has 2 radical (unpaired) electrons. The summed E-state index contributed by atoms with van der Waals surface area (Å²) >= 11 is 0. The van der Waals surface area contributed by atoms with E-state index in [1.165, 1.54) is 0 Å². The number of hydrogen-bond donors (Lipinski definition) is 0. The molecule has 0 aliphatic carbocycles. The largest absolute Gasteiger partial charge is 0.0908 e. The summed E-state index contributed by atoms with van der Waals surface area (Å²) in [5, 5.41) is 3.47. The van der Waals surface area contributed by atoms with Crippen molar-refractivity contribution in [2.45, 2.75) is 77.6 Å². The molecule has 0 saturated heterocycles. The van der Waals surface area contributed by atoms with E-state index in [4.69, 9.17) is 0 Å². The third-order valence-corrected chi connectivity index (χ3v) is 11.4. The normalized spacial score (nSPS) is 12.7. The maximum atomic E-state index is 2.44. The molecule has 2 heteroatoms. The summed E-state index contributed by atoms with van der Waals surface area (Å²) in [6.45, 7) is 19.4. The Morgan fingerprint density at radius 2 is 0.800 bits per heavy atom. The van der Waals surface area contributed by atoms with Gasteiger partial charge in [0.05, 0.1) is 17.6 Å². The van der Waals surface area contributed by atoms with Crippen LogP contribution in [0.15, 0.2) is 24.3 Å². The molecule has 0 aromatic heterocycles. The molecule has 0 amide bonds. The number of rotatable bonds is 6. The average Bonchev–Trinajstić information content (AvgIpc) is 2.29. The Kier molecular flexibility index (Phi) is 6.73. The molecule has 20 heavy (non-hydrogen) atoms. The maximum Gasteiger partial charge on any atom is 0.0908 e. The van der Waals surface area contributed by atoms with Gasteiger partial charge in [0.15, 0.2) is 0 Å². The van der Waals surface area contributed by atoms with Gasteiger partial charge in [0, 0.05) is 0 Å². The maximum absolute atomic E-state index is 2.44. The van der Waals surface area contributed by atoms with E-state index in [0.717, 1.165) is 22.2 Å². The van der Waals surface area contributed by atoms with E-state index in [-0.39, 0.29) is 0 Å². The third kappa shape index (κ3) is 4.08. The van der Waals surface area contributed by atoms with Crippen molar-refractivity contribution in [3.63, 3.8) is 0 Å². The van der Waals surface area contributed by atoms with Crippen LogP contribution in [0, 0.1) is 0 Å². The molecule has 0 aliphatic rings. The number of benzene rings is 1. The minimum atomic E-state index is -0.471. The highest BCUT2D eigenvalue weighted by Crippen LogP contribution is 2.23. The van der Waals surface area contributed by atoms with Crippen molar-refractivity contribution in [3.8, 4) is 0 Å². The molecule has 0 spiro atoms. The van der Waals surface area contributed by atoms with Crippen LogP contribution in [0.4, 0.5) is 0 Å². The highest BCUT2D eigenvalue weighted by Gasteiger charge is 2.30. The van der Waals surface area contributed by atoms with E-state index in [0.29, 0.717) is 0 Å². The van der Waals surface area contributed by atoms with E-state index in [1.54, 1.807) is 10.4 Å². The van der Waals surface area contributed by atoms with E-state index in [1.807, 2.05) is 0 Å². The van der Waals surface area contributed by atoms with Crippen LogP contribution in [0.3, 0.4) is 0 Å². The minimum absolute atomic E-state index is 0.471. The fourth-order valence-corrected chi connectivity index (χ4v) is 11.0.